The van der Waals surface area contributed by atoms with Crippen LogP contribution in [-0.4, -0.2) is 51.8 Å². The lowest BCUT2D eigenvalue weighted by atomic mass is 10.1. The van der Waals surface area contributed by atoms with E-state index in [1.54, 1.807) is 25.2 Å². The summed E-state index contributed by atoms with van der Waals surface area (Å²) in [5.74, 6) is -0.819. The molecule has 0 N–H and O–H groups in total. The van der Waals surface area contributed by atoms with Gasteiger partial charge in [0.1, 0.15) is 16.5 Å². The zero-order valence-corrected chi connectivity index (χ0v) is 16.9. The fraction of sp³-hybridized carbons (Fsp3) is 0.278. The highest BCUT2D eigenvalue weighted by Crippen LogP contribution is 2.25. The maximum atomic E-state index is 14.0. The highest BCUT2D eigenvalue weighted by Gasteiger charge is 2.24. The molecule has 2 aromatic carbocycles. The van der Waals surface area contributed by atoms with Gasteiger partial charge in [-0.15, -0.1) is 0 Å². The second kappa shape index (κ2) is 8.24. The van der Waals surface area contributed by atoms with Crippen LogP contribution >= 0.6 is 11.6 Å². The number of hydrogen-bond acceptors (Lipinski definition) is 4. The van der Waals surface area contributed by atoms with Gasteiger partial charge >= 0.3 is 0 Å². The maximum Gasteiger partial charge on any atom is 0.253 e. The van der Waals surface area contributed by atoms with Crippen molar-refractivity contribution >= 4 is 27.5 Å². The summed E-state index contributed by atoms with van der Waals surface area (Å²) < 4.78 is 44.6. The molecule has 0 bridgehead atoms. The van der Waals surface area contributed by atoms with Gasteiger partial charge < -0.3 is 9.64 Å². The topological polar surface area (TPSA) is 66.9 Å². The number of methoxy groups -OCH3 is 1. The van der Waals surface area contributed by atoms with Gasteiger partial charge in [-0.05, 0) is 36.4 Å². The molecule has 27 heavy (non-hydrogen) atoms. The molecule has 0 saturated heterocycles. The maximum absolute atomic E-state index is 14.0. The van der Waals surface area contributed by atoms with E-state index in [-0.39, 0.29) is 12.1 Å². The molecule has 9 heteroatoms. The Morgan fingerprint density at radius 1 is 1.15 bits per heavy atom. The predicted molar refractivity (Wildman–Crippen MR) is 101 cm³/mol. The van der Waals surface area contributed by atoms with Gasteiger partial charge in [0, 0.05) is 43.8 Å². The first kappa shape index (κ1) is 21.1. The van der Waals surface area contributed by atoms with E-state index < -0.39 is 26.6 Å². The van der Waals surface area contributed by atoms with Crippen molar-refractivity contribution in [3.63, 3.8) is 0 Å². The van der Waals surface area contributed by atoms with Gasteiger partial charge in [0.05, 0.1) is 7.11 Å². The summed E-state index contributed by atoms with van der Waals surface area (Å²) in [5, 5.41) is 0.493. The molecule has 146 valence electrons. The van der Waals surface area contributed by atoms with Crippen LogP contribution in [0.1, 0.15) is 15.9 Å². The Morgan fingerprint density at radius 2 is 1.81 bits per heavy atom. The third kappa shape index (κ3) is 4.58. The fourth-order valence-electron chi connectivity index (χ4n) is 2.45. The standard InChI is InChI=1S/C18H20ClFN2O4S/c1-21(2)27(24,25)17-10-12(5-7-15(17)20)18(23)22(3)11-13-9-14(19)6-8-16(13)26-4/h5-10H,11H2,1-4H3. The summed E-state index contributed by atoms with van der Waals surface area (Å²) in [5.41, 5.74) is 0.740. The number of ether oxygens (including phenoxy) is 1. The highest BCUT2D eigenvalue weighted by molar-refractivity contribution is 7.89. The number of carbonyl (C=O) groups excluding carboxylic acids is 1. The number of nitrogens with zero attached hydrogens (tertiary/aromatic N) is 2. The molecule has 0 spiro atoms. The van der Waals surface area contributed by atoms with Crippen molar-refractivity contribution < 1.29 is 22.3 Å². The normalized spacial score (nSPS) is 11.5. The second-order valence-corrected chi connectivity index (χ2v) is 8.61. The van der Waals surface area contributed by atoms with Crippen LogP contribution < -0.4 is 4.74 Å². The van der Waals surface area contributed by atoms with E-state index >= 15 is 0 Å². The Kier molecular flexibility index (Phi) is 6.46. The first-order valence-corrected chi connectivity index (χ1v) is 9.69. The summed E-state index contributed by atoms with van der Waals surface area (Å²) in [6.07, 6.45) is 0. The summed E-state index contributed by atoms with van der Waals surface area (Å²) in [6.45, 7) is 0.176. The molecule has 0 unspecified atom stereocenters. The molecule has 6 nitrogen and oxygen atoms in total. The summed E-state index contributed by atoms with van der Waals surface area (Å²) in [6, 6.07) is 8.30. The van der Waals surface area contributed by atoms with Crippen LogP contribution in [0.3, 0.4) is 0 Å². The van der Waals surface area contributed by atoms with E-state index in [0.717, 1.165) is 16.4 Å². The Labute approximate surface area is 163 Å². The molecule has 0 fully saturated rings. The number of sulfonamides is 1. The summed E-state index contributed by atoms with van der Waals surface area (Å²) in [7, 11) is 1.63. The van der Waals surface area contributed by atoms with Gasteiger partial charge in [0.25, 0.3) is 5.91 Å². The van der Waals surface area contributed by atoms with E-state index in [2.05, 4.69) is 0 Å². The van der Waals surface area contributed by atoms with Crippen molar-refractivity contribution in [1.82, 2.24) is 9.21 Å². The molecule has 2 rings (SSSR count). The van der Waals surface area contributed by atoms with E-state index in [4.69, 9.17) is 16.3 Å². The van der Waals surface area contributed by atoms with Gasteiger partial charge in [-0.1, -0.05) is 11.6 Å². The fourth-order valence-corrected chi connectivity index (χ4v) is 3.63. The van der Waals surface area contributed by atoms with Crippen LogP contribution in [-0.2, 0) is 16.6 Å². The number of hydrogen-bond donors (Lipinski definition) is 0. The third-order valence-electron chi connectivity index (χ3n) is 3.93. The lowest BCUT2D eigenvalue weighted by Crippen LogP contribution is -2.28. The van der Waals surface area contributed by atoms with E-state index in [0.29, 0.717) is 16.3 Å². The Balaban J connectivity index is 2.34. The van der Waals surface area contributed by atoms with Crippen LogP contribution in [0.4, 0.5) is 4.39 Å². The number of benzene rings is 2. The van der Waals surface area contributed by atoms with Crippen LogP contribution in [0.5, 0.6) is 5.75 Å². The molecule has 0 aromatic heterocycles. The molecule has 1 amide bonds. The van der Waals surface area contributed by atoms with Gasteiger partial charge in [0.2, 0.25) is 10.0 Å². The Hall–Kier alpha value is -2.16. The summed E-state index contributed by atoms with van der Waals surface area (Å²) in [4.78, 5) is 13.5. The van der Waals surface area contributed by atoms with E-state index in [9.17, 15) is 17.6 Å². The quantitative estimate of drug-likeness (QED) is 0.728. The zero-order chi connectivity index (χ0) is 20.4. The average Bonchev–Trinajstić information content (AvgIpc) is 2.61. The molecule has 0 heterocycles. The van der Waals surface area contributed by atoms with Gasteiger partial charge in [-0.2, -0.15) is 0 Å². The lowest BCUT2D eigenvalue weighted by molar-refractivity contribution is 0.0784. The number of rotatable bonds is 6. The average molecular weight is 415 g/mol. The smallest absolute Gasteiger partial charge is 0.253 e. The molecule has 0 radical (unpaired) electrons. The van der Waals surface area contributed by atoms with Crippen LogP contribution in [0.15, 0.2) is 41.3 Å². The van der Waals surface area contributed by atoms with Crippen LogP contribution in [0.2, 0.25) is 5.02 Å². The molecule has 2 aromatic rings. The van der Waals surface area contributed by atoms with Crippen molar-refractivity contribution in [2.75, 3.05) is 28.3 Å². The second-order valence-electron chi connectivity index (χ2n) is 6.05. The minimum Gasteiger partial charge on any atom is -0.496 e. The lowest BCUT2D eigenvalue weighted by Gasteiger charge is -2.20. The van der Waals surface area contributed by atoms with Crippen molar-refractivity contribution in [3.8, 4) is 5.75 Å². The molecule has 0 aliphatic rings. The molecular weight excluding hydrogens is 395 g/mol. The van der Waals surface area contributed by atoms with E-state index in [1.807, 2.05) is 0 Å². The first-order chi connectivity index (χ1) is 12.6. The van der Waals surface area contributed by atoms with E-state index in [1.165, 1.54) is 32.2 Å². The number of amides is 1. The molecule has 0 aliphatic carbocycles. The number of carbonyl (C=O) groups is 1. The third-order valence-corrected chi connectivity index (χ3v) is 6.00. The molecule has 0 aliphatic heterocycles. The molecular formula is C18H20ClFN2O4S. The van der Waals surface area contributed by atoms with Crippen molar-refractivity contribution in [2.24, 2.45) is 0 Å². The van der Waals surface area contributed by atoms with Crippen LogP contribution in [0, 0.1) is 5.82 Å². The minimum absolute atomic E-state index is 0.0559. The summed E-state index contributed by atoms with van der Waals surface area (Å²) >= 11 is 6.00. The van der Waals surface area contributed by atoms with Crippen molar-refractivity contribution in [3.05, 3.63) is 58.4 Å². The van der Waals surface area contributed by atoms with Gasteiger partial charge in [0.15, 0.2) is 0 Å². The SMILES string of the molecule is COc1ccc(Cl)cc1CN(C)C(=O)c1ccc(F)c(S(=O)(=O)N(C)C)c1. The van der Waals surface area contributed by atoms with Crippen LogP contribution in [0.25, 0.3) is 0 Å². The van der Waals surface area contributed by atoms with Gasteiger partial charge in [-0.25, -0.2) is 17.1 Å². The monoisotopic (exact) mass is 414 g/mol. The van der Waals surface area contributed by atoms with Gasteiger partial charge in [-0.3, -0.25) is 4.79 Å². The predicted octanol–water partition coefficient (Wildman–Crippen LogP) is 3.01. The largest absolute Gasteiger partial charge is 0.496 e. The van der Waals surface area contributed by atoms with Crippen molar-refractivity contribution in [1.29, 1.82) is 0 Å². The first-order valence-electron chi connectivity index (χ1n) is 7.88. The van der Waals surface area contributed by atoms with Crippen molar-refractivity contribution in [2.45, 2.75) is 11.4 Å². The highest BCUT2D eigenvalue weighted by atomic mass is 35.5. The Bertz CT molecular complexity index is 964. The minimum atomic E-state index is -4.01. The number of halogens is 2. The Morgan fingerprint density at radius 3 is 2.41 bits per heavy atom. The molecule has 0 atom stereocenters. The zero-order valence-electron chi connectivity index (χ0n) is 15.4. The molecule has 0 saturated carbocycles.